The molecule has 4 nitrogen and oxygen atoms in total. The molecule has 0 spiro atoms. The van der Waals surface area contributed by atoms with Gasteiger partial charge in [-0.1, -0.05) is 54.6 Å². The molecule has 0 aliphatic rings. The first-order chi connectivity index (χ1) is 14.7. The van der Waals surface area contributed by atoms with E-state index in [1.54, 1.807) is 17.5 Å². The Morgan fingerprint density at radius 3 is 2.47 bits per heavy atom. The quantitative estimate of drug-likeness (QED) is 0.434. The summed E-state index contributed by atoms with van der Waals surface area (Å²) in [4.78, 5) is 16.9. The fourth-order valence-corrected chi connectivity index (χ4v) is 3.71. The van der Waals surface area contributed by atoms with Crippen molar-refractivity contribution in [3.05, 3.63) is 107 Å². The number of nitrogens with zero attached hydrogens (tertiary/aromatic N) is 1. The highest BCUT2D eigenvalue weighted by atomic mass is 32.1. The second-order valence-corrected chi connectivity index (χ2v) is 7.48. The molecule has 4 aromatic rings. The summed E-state index contributed by atoms with van der Waals surface area (Å²) >= 11 is 1.39. The topological polar surface area (TPSA) is 51.2 Å². The first kappa shape index (κ1) is 19.8. The summed E-state index contributed by atoms with van der Waals surface area (Å²) in [7, 11) is 0. The number of ether oxygens (including phenoxy) is 1. The second kappa shape index (κ2) is 9.33. The zero-order valence-corrected chi connectivity index (χ0v) is 16.9. The standard InChI is InChI=1S/C24H19FN2O2S/c25-19-12-10-17(11-13-19)14-26-23(28)21-16-30-24(27-21)20-8-4-5-9-22(20)29-15-18-6-2-1-3-7-18/h1-13,16H,14-15H2,(H,26,28). The molecule has 0 fully saturated rings. The lowest BCUT2D eigenvalue weighted by molar-refractivity contribution is 0.0946. The van der Waals surface area contributed by atoms with Crippen LogP contribution < -0.4 is 10.1 Å². The van der Waals surface area contributed by atoms with Gasteiger partial charge in [0.05, 0.1) is 5.56 Å². The molecule has 1 heterocycles. The van der Waals surface area contributed by atoms with Gasteiger partial charge >= 0.3 is 0 Å². The van der Waals surface area contributed by atoms with Gasteiger partial charge in [0, 0.05) is 11.9 Å². The van der Waals surface area contributed by atoms with E-state index in [0.29, 0.717) is 29.6 Å². The van der Waals surface area contributed by atoms with Crippen molar-refractivity contribution in [3.8, 4) is 16.3 Å². The number of benzene rings is 3. The highest BCUT2D eigenvalue weighted by Crippen LogP contribution is 2.32. The molecule has 150 valence electrons. The number of hydrogen-bond donors (Lipinski definition) is 1. The van der Waals surface area contributed by atoms with Crippen LogP contribution in [0.2, 0.25) is 0 Å². The van der Waals surface area contributed by atoms with Crippen LogP contribution in [0.5, 0.6) is 5.75 Å². The van der Waals surface area contributed by atoms with E-state index in [2.05, 4.69) is 10.3 Å². The van der Waals surface area contributed by atoms with Gasteiger partial charge < -0.3 is 10.1 Å². The molecule has 0 atom stereocenters. The first-order valence-electron chi connectivity index (χ1n) is 9.43. The lowest BCUT2D eigenvalue weighted by atomic mass is 10.2. The van der Waals surface area contributed by atoms with Gasteiger partial charge in [-0.3, -0.25) is 4.79 Å². The van der Waals surface area contributed by atoms with E-state index in [1.165, 1.54) is 23.5 Å². The minimum absolute atomic E-state index is 0.274. The molecular weight excluding hydrogens is 399 g/mol. The van der Waals surface area contributed by atoms with Crippen LogP contribution >= 0.6 is 11.3 Å². The molecule has 0 saturated heterocycles. The maximum Gasteiger partial charge on any atom is 0.271 e. The number of nitrogens with one attached hydrogen (secondary N) is 1. The van der Waals surface area contributed by atoms with Crippen molar-refractivity contribution in [3.63, 3.8) is 0 Å². The highest BCUT2D eigenvalue weighted by molar-refractivity contribution is 7.13. The van der Waals surface area contributed by atoms with Crippen LogP contribution in [0.15, 0.2) is 84.2 Å². The number of thiazole rings is 1. The van der Waals surface area contributed by atoms with Crippen molar-refractivity contribution in [1.29, 1.82) is 0 Å². The average molecular weight is 418 g/mol. The van der Waals surface area contributed by atoms with Gasteiger partial charge in [0.15, 0.2) is 0 Å². The highest BCUT2D eigenvalue weighted by Gasteiger charge is 2.14. The van der Waals surface area contributed by atoms with Crippen LogP contribution in [0, 0.1) is 5.82 Å². The monoisotopic (exact) mass is 418 g/mol. The van der Waals surface area contributed by atoms with E-state index in [9.17, 15) is 9.18 Å². The molecule has 1 N–H and O–H groups in total. The van der Waals surface area contributed by atoms with E-state index in [0.717, 1.165) is 16.7 Å². The summed E-state index contributed by atoms with van der Waals surface area (Å²) < 4.78 is 19.0. The van der Waals surface area contributed by atoms with Crippen LogP contribution in [0.4, 0.5) is 4.39 Å². The van der Waals surface area contributed by atoms with Gasteiger partial charge in [-0.25, -0.2) is 9.37 Å². The van der Waals surface area contributed by atoms with E-state index in [1.807, 2.05) is 54.6 Å². The van der Waals surface area contributed by atoms with Crippen molar-refractivity contribution in [2.75, 3.05) is 0 Å². The molecule has 0 unspecified atom stereocenters. The van der Waals surface area contributed by atoms with Crippen LogP contribution in [-0.4, -0.2) is 10.9 Å². The van der Waals surface area contributed by atoms with Crippen molar-refractivity contribution in [2.45, 2.75) is 13.2 Å². The summed E-state index contributed by atoms with van der Waals surface area (Å²) in [5.41, 5.74) is 3.08. The van der Waals surface area contributed by atoms with E-state index >= 15 is 0 Å². The summed E-state index contributed by atoms with van der Waals surface area (Å²) in [6.45, 7) is 0.761. The molecule has 4 rings (SSSR count). The maximum absolute atomic E-state index is 13.0. The van der Waals surface area contributed by atoms with Gasteiger partial charge in [-0.2, -0.15) is 0 Å². The molecule has 1 aromatic heterocycles. The van der Waals surface area contributed by atoms with Gasteiger partial charge in [0.1, 0.15) is 28.9 Å². The van der Waals surface area contributed by atoms with Gasteiger partial charge in [-0.15, -0.1) is 11.3 Å². The zero-order valence-electron chi connectivity index (χ0n) is 16.0. The Morgan fingerprint density at radius 2 is 1.67 bits per heavy atom. The molecule has 6 heteroatoms. The molecule has 0 radical (unpaired) electrons. The molecule has 0 aliphatic heterocycles. The minimum atomic E-state index is -0.303. The Morgan fingerprint density at radius 1 is 0.933 bits per heavy atom. The predicted octanol–water partition coefficient (Wildman–Crippen LogP) is 5.46. The molecule has 0 bridgehead atoms. The summed E-state index contributed by atoms with van der Waals surface area (Å²) in [5.74, 6) is 0.140. The van der Waals surface area contributed by atoms with Gasteiger partial charge in [0.25, 0.3) is 5.91 Å². The number of carbonyl (C=O) groups is 1. The van der Waals surface area contributed by atoms with E-state index < -0.39 is 0 Å². The fourth-order valence-electron chi connectivity index (χ4n) is 2.88. The first-order valence-corrected chi connectivity index (χ1v) is 10.3. The molecule has 30 heavy (non-hydrogen) atoms. The van der Waals surface area contributed by atoms with Crippen LogP contribution in [0.25, 0.3) is 10.6 Å². The Kier molecular flexibility index (Phi) is 6.15. The van der Waals surface area contributed by atoms with Crippen LogP contribution in [0.1, 0.15) is 21.6 Å². The smallest absolute Gasteiger partial charge is 0.271 e. The van der Waals surface area contributed by atoms with E-state index in [4.69, 9.17) is 4.74 Å². The van der Waals surface area contributed by atoms with Crippen molar-refractivity contribution in [1.82, 2.24) is 10.3 Å². The van der Waals surface area contributed by atoms with Crippen molar-refractivity contribution >= 4 is 17.2 Å². The molecular formula is C24H19FN2O2S. The number of hydrogen-bond acceptors (Lipinski definition) is 4. The fraction of sp³-hybridized carbons (Fsp3) is 0.0833. The molecule has 3 aromatic carbocycles. The van der Waals surface area contributed by atoms with Crippen LogP contribution in [0.3, 0.4) is 0 Å². The number of amides is 1. The largest absolute Gasteiger partial charge is 0.488 e. The third-order valence-corrected chi connectivity index (χ3v) is 5.33. The Balaban J connectivity index is 1.44. The van der Waals surface area contributed by atoms with Crippen LogP contribution in [-0.2, 0) is 13.2 Å². The zero-order chi connectivity index (χ0) is 20.8. The number of para-hydroxylation sites is 1. The molecule has 1 amide bonds. The summed E-state index contributed by atoms with van der Waals surface area (Å²) in [6.07, 6.45) is 0. The summed E-state index contributed by atoms with van der Waals surface area (Å²) in [6, 6.07) is 23.6. The number of aromatic nitrogens is 1. The Bertz CT molecular complexity index is 1130. The molecule has 0 saturated carbocycles. The Hall–Kier alpha value is -3.51. The van der Waals surface area contributed by atoms with E-state index in [-0.39, 0.29) is 11.7 Å². The molecule has 0 aliphatic carbocycles. The normalized spacial score (nSPS) is 10.6. The SMILES string of the molecule is O=C(NCc1ccc(F)cc1)c1csc(-c2ccccc2OCc2ccccc2)n1. The van der Waals surface area contributed by atoms with Gasteiger partial charge in [-0.05, 0) is 35.4 Å². The summed E-state index contributed by atoms with van der Waals surface area (Å²) in [5, 5.41) is 5.25. The number of carbonyl (C=O) groups excluding carboxylic acids is 1. The van der Waals surface area contributed by atoms with Crippen molar-refractivity contribution in [2.24, 2.45) is 0 Å². The maximum atomic E-state index is 13.0. The third-order valence-electron chi connectivity index (χ3n) is 4.46. The minimum Gasteiger partial charge on any atom is -0.488 e. The number of rotatable bonds is 7. The lowest BCUT2D eigenvalue weighted by Crippen LogP contribution is -2.23. The van der Waals surface area contributed by atoms with Crippen molar-refractivity contribution < 1.29 is 13.9 Å². The lowest BCUT2D eigenvalue weighted by Gasteiger charge is -2.10. The third kappa shape index (κ3) is 4.90. The Labute approximate surface area is 178 Å². The second-order valence-electron chi connectivity index (χ2n) is 6.62. The average Bonchev–Trinajstić information content (AvgIpc) is 3.28. The number of halogens is 1. The van der Waals surface area contributed by atoms with Gasteiger partial charge in [0.2, 0.25) is 0 Å². The predicted molar refractivity (Wildman–Crippen MR) is 116 cm³/mol.